The van der Waals surface area contributed by atoms with Gasteiger partial charge in [-0.15, -0.1) is 11.3 Å². The highest BCUT2D eigenvalue weighted by Gasteiger charge is 2.10. The van der Waals surface area contributed by atoms with Gasteiger partial charge in [0.05, 0.1) is 5.52 Å². The van der Waals surface area contributed by atoms with Crippen molar-refractivity contribution in [1.82, 2.24) is 4.98 Å². The molecule has 3 N–H and O–H groups in total. The molecule has 20 heavy (non-hydrogen) atoms. The Hall–Kier alpha value is -1.91. The number of anilines is 1. The summed E-state index contributed by atoms with van der Waals surface area (Å²) in [6.07, 6.45) is 0.854. The van der Waals surface area contributed by atoms with Gasteiger partial charge in [0.2, 0.25) is 0 Å². The van der Waals surface area contributed by atoms with E-state index in [9.17, 15) is 0 Å². The smallest absolute Gasteiger partial charge is 0.144 e. The van der Waals surface area contributed by atoms with Gasteiger partial charge in [0, 0.05) is 22.2 Å². The Morgan fingerprint density at radius 3 is 2.80 bits per heavy atom. The van der Waals surface area contributed by atoms with E-state index in [1.165, 1.54) is 21.4 Å². The highest BCUT2D eigenvalue weighted by Crippen LogP contribution is 2.27. The Morgan fingerprint density at radius 1 is 1.25 bits per heavy atom. The van der Waals surface area contributed by atoms with E-state index in [0.717, 1.165) is 23.3 Å². The van der Waals surface area contributed by atoms with Crippen molar-refractivity contribution in [1.29, 1.82) is 0 Å². The minimum Gasteiger partial charge on any atom is -0.308 e. The zero-order chi connectivity index (χ0) is 14.1. The molecule has 0 bridgehead atoms. The van der Waals surface area contributed by atoms with E-state index >= 15 is 0 Å². The summed E-state index contributed by atoms with van der Waals surface area (Å²) in [6, 6.07) is 10.7. The molecule has 3 nitrogen and oxygen atoms in total. The first-order chi connectivity index (χ1) is 9.69. The van der Waals surface area contributed by atoms with Crippen molar-refractivity contribution in [2.24, 2.45) is 5.84 Å². The second kappa shape index (κ2) is 5.23. The summed E-state index contributed by atoms with van der Waals surface area (Å²) in [6.45, 7) is 4.20. The fourth-order valence-corrected chi connectivity index (χ4v) is 3.12. The van der Waals surface area contributed by atoms with E-state index in [1.807, 2.05) is 0 Å². The topological polar surface area (TPSA) is 50.9 Å². The van der Waals surface area contributed by atoms with Gasteiger partial charge in [0.1, 0.15) is 5.82 Å². The third-order valence-corrected chi connectivity index (χ3v) is 4.55. The fourth-order valence-electron chi connectivity index (χ4n) is 2.39. The molecule has 3 aromatic rings. The van der Waals surface area contributed by atoms with Gasteiger partial charge in [-0.2, -0.15) is 0 Å². The number of thiophene rings is 1. The van der Waals surface area contributed by atoms with Crippen molar-refractivity contribution < 1.29 is 0 Å². The summed E-state index contributed by atoms with van der Waals surface area (Å²) in [4.78, 5) is 6.01. The lowest BCUT2D eigenvalue weighted by molar-refractivity contribution is 1.15. The zero-order valence-electron chi connectivity index (χ0n) is 11.6. The molecule has 0 aliphatic heterocycles. The number of aryl methyl sites for hydroxylation is 2. The molecule has 0 saturated heterocycles. The van der Waals surface area contributed by atoms with Crippen LogP contribution in [0.1, 0.15) is 21.6 Å². The van der Waals surface area contributed by atoms with E-state index in [2.05, 4.69) is 55.0 Å². The lowest BCUT2D eigenvalue weighted by atomic mass is 10.0. The standard InChI is InChI=1S/C16H17N3S/c1-10-5-6-12-8-13(9-14-4-3-7-20-14)16(19-17)18-15(12)11(10)2/h3-8H,9,17H2,1-2H3,(H,18,19). The van der Waals surface area contributed by atoms with Crippen LogP contribution in [-0.4, -0.2) is 4.98 Å². The molecule has 0 amide bonds. The van der Waals surface area contributed by atoms with Crippen LogP contribution < -0.4 is 11.3 Å². The molecule has 0 radical (unpaired) electrons. The average molecular weight is 283 g/mol. The molecule has 0 fully saturated rings. The predicted octanol–water partition coefficient (Wildman–Crippen LogP) is 3.79. The van der Waals surface area contributed by atoms with Crippen LogP contribution in [-0.2, 0) is 6.42 Å². The van der Waals surface area contributed by atoms with E-state index in [1.54, 1.807) is 11.3 Å². The Bertz CT molecular complexity index is 748. The van der Waals surface area contributed by atoms with Crippen LogP contribution in [0.5, 0.6) is 0 Å². The van der Waals surface area contributed by atoms with Crippen molar-refractivity contribution in [2.45, 2.75) is 20.3 Å². The summed E-state index contributed by atoms with van der Waals surface area (Å²) in [5.74, 6) is 6.41. The fraction of sp³-hybridized carbons (Fsp3) is 0.188. The minimum atomic E-state index is 0.764. The van der Waals surface area contributed by atoms with Gasteiger partial charge in [0.15, 0.2) is 0 Å². The number of nitrogens with two attached hydrogens (primary N) is 1. The number of hydrazine groups is 1. The summed E-state index contributed by atoms with van der Waals surface area (Å²) in [7, 11) is 0. The second-order valence-electron chi connectivity index (χ2n) is 4.98. The number of nitrogens with one attached hydrogen (secondary N) is 1. The molecular weight excluding hydrogens is 266 g/mol. The number of nitrogens with zero attached hydrogens (tertiary/aromatic N) is 1. The summed E-state index contributed by atoms with van der Waals surface area (Å²) in [5.41, 5.74) is 7.35. The largest absolute Gasteiger partial charge is 0.308 e. The Balaban J connectivity index is 2.15. The molecule has 0 aliphatic carbocycles. The first-order valence-corrected chi connectivity index (χ1v) is 7.46. The van der Waals surface area contributed by atoms with Crippen LogP contribution in [0.4, 0.5) is 5.82 Å². The van der Waals surface area contributed by atoms with Gasteiger partial charge in [-0.3, -0.25) is 0 Å². The number of hydrogen-bond donors (Lipinski definition) is 2. The van der Waals surface area contributed by atoms with Crippen molar-refractivity contribution in [2.75, 3.05) is 5.43 Å². The van der Waals surface area contributed by atoms with E-state index in [4.69, 9.17) is 10.8 Å². The number of fused-ring (bicyclic) bond motifs is 1. The monoisotopic (exact) mass is 283 g/mol. The molecule has 0 spiro atoms. The highest BCUT2D eigenvalue weighted by molar-refractivity contribution is 7.09. The van der Waals surface area contributed by atoms with Crippen LogP contribution in [0.3, 0.4) is 0 Å². The Morgan fingerprint density at radius 2 is 2.10 bits per heavy atom. The van der Waals surface area contributed by atoms with Crippen LogP contribution in [0.2, 0.25) is 0 Å². The minimum absolute atomic E-state index is 0.764. The normalized spacial score (nSPS) is 10.9. The van der Waals surface area contributed by atoms with Crippen molar-refractivity contribution in [3.63, 3.8) is 0 Å². The van der Waals surface area contributed by atoms with Gasteiger partial charge in [-0.25, -0.2) is 10.8 Å². The number of hydrogen-bond acceptors (Lipinski definition) is 4. The maximum atomic E-state index is 5.65. The summed E-state index contributed by atoms with van der Waals surface area (Å²) in [5, 5.41) is 3.26. The number of aromatic nitrogens is 1. The summed E-state index contributed by atoms with van der Waals surface area (Å²) < 4.78 is 0. The molecule has 0 atom stereocenters. The third kappa shape index (κ3) is 2.28. The van der Waals surface area contributed by atoms with Gasteiger partial charge in [-0.05, 0) is 42.5 Å². The Labute approximate surface area is 122 Å². The molecular formula is C16H17N3S. The molecule has 4 heteroatoms. The van der Waals surface area contributed by atoms with Crippen molar-refractivity contribution in [3.05, 3.63) is 57.3 Å². The quantitative estimate of drug-likeness (QED) is 0.568. The van der Waals surface area contributed by atoms with Gasteiger partial charge in [0.25, 0.3) is 0 Å². The van der Waals surface area contributed by atoms with Crippen LogP contribution in [0, 0.1) is 13.8 Å². The van der Waals surface area contributed by atoms with E-state index in [-0.39, 0.29) is 0 Å². The molecule has 2 heterocycles. The van der Waals surface area contributed by atoms with E-state index in [0.29, 0.717) is 0 Å². The maximum absolute atomic E-state index is 5.65. The SMILES string of the molecule is Cc1ccc2cc(Cc3cccs3)c(NN)nc2c1C. The molecule has 3 rings (SSSR count). The van der Waals surface area contributed by atoms with Crippen LogP contribution >= 0.6 is 11.3 Å². The molecule has 102 valence electrons. The number of pyridine rings is 1. The van der Waals surface area contributed by atoms with Crippen molar-refractivity contribution >= 4 is 28.1 Å². The second-order valence-corrected chi connectivity index (χ2v) is 6.01. The number of nitrogen functional groups attached to an aromatic ring is 1. The zero-order valence-corrected chi connectivity index (χ0v) is 12.4. The highest BCUT2D eigenvalue weighted by atomic mass is 32.1. The van der Waals surface area contributed by atoms with Crippen molar-refractivity contribution in [3.8, 4) is 0 Å². The molecule has 0 aliphatic rings. The Kier molecular flexibility index (Phi) is 3.42. The maximum Gasteiger partial charge on any atom is 0.144 e. The number of rotatable bonds is 3. The average Bonchev–Trinajstić information content (AvgIpc) is 2.96. The molecule has 0 saturated carbocycles. The van der Waals surface area contributed by atoms with Gasteiger partial charge in [-0.1, -0.05) is 18.2 Å². The van der Waals surface area contributed by atoms with Crippen LogP contribution in [0.25, 0.3) is 10.9 Å². The first-order valence-electron chi connectivity index (χ1n) is 6.58. The van der Waals surface area contributed by atoms with E-state index < -0.39 is 0 Å². The van der Waals surface area contributed by atoms with Crippen LogP contribution in [0.15, 0.2) is 35.7 Å². The summed E-state index contributed by atoms with van der Waals surface area (Å²) >= 11 is 1.75. The molecule has 0 unspecified atom stereocenters. The van der Waals surface area contributed by atoms with Gasteiger partial charge >= 0.3 is 0 Å². The van der Waals surface area contributed by atoms with Gasteiger partial charge < -0.3 is 5.43 Å². The molecule has 2 aromatic heterocycles. The molecule has 1 aromatic carbocycles. The number of benzene rings is 1. The lowest BCUT2D eigenvalue weighted by Gasteiger charge is -2.12. The third-order valence-electron chi connectivity index (χ3n) is 3.67. The first kappa shape index (κ1) is 13.1. The lowest BCUT2D eigenvalue weighted by Crippen LogP contribution is -2.11. The predicted molar refractivity (Wildman–Crippen MR) is 86.2 cm³/mol.